The number of halogens is 2. The molecule has 1 fully saturated rings. The average molecular weight is 278 g/mol. The molecular formula is C10H9ClFNO3S. The van der Waals surface area contributed by atoms with Gasteiger partial charge >= 0.3 is 0 Å². The van der Waals surface area contributed by atoms with Gasteiger partial charge in [-0.15, -0.1) is 0 Å². The van der Waals surface area contributed by atoms with Crippen molar-refractivity contribution in [1.29, 1.82) is 0 Å². The number of amides is 1. The molecule has 17 heavy (non-hydrogen) atoms. The molecule has 0 spiro atoms. The van der Waals surface area contributed by atoms with Crippen LogP contribution in [0.15, 0.2) is 23.1 Å². The Morgan fingerprint density at radius 1 is 1.35 bits per heavy atom. The Morgan fingerprint density at radius 2 is 2.00 bits per heavy atom. The molecule has 1 amide bonds. The first-order chi connectivity index (χ1) is 7.86. The minimum Gasteiger partial charge on any atom is -0.349 e. The fourth-order valence-electron chi connectivity index (χ4n) is 1.33. The van der Waals surface area contributed by atoms with Crippen molar-refractivity contribution in [2.24, 2.45) is 0 Å². The van der Waals surface area contributed by atoms with E-state index >= 15 is 0 Å². The van der Waals surface area contributed by atoms with Gasteiger partial charge < -0.3 is 5.32 Å². The topological polar surface area (TPSA) is 63.2 Å². The van der Waals surface area contributed by atoms with Gasteiger partial charge in [0.1, 0.15) is 5.82 Å². The van der Waals surface area contributed by atoms with Gasteiger partial charge in [0.15, 0.2) is 0 Å². The van der Waals surface area contributed by atoms with Crippen LogP contribution in [0.4, 0.5) is 4.39 Å². The second-order valence-corrected chi connectivity index (χ2v) is 6.43. The molecule has 0 atom stereocenters. The zero-order valence-corrected chi connectivity index (χ0v) is 10.2. The molecule has 1 saturated carbocycles. The molecule has 1 aromatic rings. The lowest BCUT2D eigenvalue weighted by Crippen LogP contribution is -2.25. The fraction of sp³-hybridized carbons (Fsp3) is 0.300. The molecule has 2 rings (SSSR count). The Kier molecular flexibility index (Phi) is 3.09. The van der Waals surface area contributed by atoms with Crippen molar-refractivity contribution in [3.8, 4) is 0 Å². The lowest BCUT2D eigenvalue weighted by atomic mass is 10.2. The highest BCUT2D eigenvalue weighted by molar-refractivity contribution is 8.13. The van der Waals surface area contributed by atoms with Gasteiger partial charge in [0.05, 0.1) is 4.90 Å². The standard InChI is InChI=1S/C10H9ClFNO3S/c11-17(15,16)9-4-6(3-7(12)5-9)10(14)13-8-1-2-8/h3-5,8H,1-2H2,(H,13,14). The molecule has 0 saturated heterocycles. The summed E-state index contributed by atoms with van der Waals surface area (Å²) in [6.45, 7) is 0. The van der Waals surface area contributed by atoms with E-state index in [4.69, 9.17) is 10.7 Å². The van der Waals surface area contributed by atoms with E-state index in [9.17, 15) is 17.6 Å². The van der Waals surface area contributed by atoms with Crippen LogP contribution < -0.4 is 5.32 Å². The predicted octanol–water partition coefficient (Wildman–Crippen LogP) is 1.65. The summed E-state index contributed by atoms with van der Waals surface area (Å²) in [5.74, 6) is -1.30. The predicted molar refractivity (Wildman–Crippen MR) is 59.9 cm³/mol. The fourth-order valence-corrected chi connectivity index (χ4v) is 2.12. The zero-order chi connectivity index (χ0) is 12.6. The van der Waals surface area contributed by atoms with Crippen molar-refractivity contribution in [1.82, 2.24) is 5.32 Å². The molecule has 0 heterocycles. The third-order valence-electron chi connectivity index (χ3n) is 2.33. The lowest BCUT2D eigenvalue weighted by molar-refractivity contribution is 0.0950. The molecule has 0 aliphatic heterocycles. The minimum absolute atomic E-state index is 0.0453. The quantitative estimate of drug-likeness (QED) is 0.855. The lowest BCUT2D eigenvalue weighted by Gasteiger charge is -2.05. The van der Waals surface area contributed by atoms with E-state index in [1.165, 1.54) is 0 Å². The number of benzene rings is 1. The van der Waals surface area contributed by atoms with Crippen LogP contribution >= 0.6 is 10.7 Å². The summed E-state index contributed by atoms with van der Waals surface area (Å²) in [6, 6.07) is 2.92. The number of carbonyl (C=O) groups excluding carboxylic acids is 1. The third-order valence-corrected chi connectivity index (χ3v) is 3.66. The second kappa shape index (κ2) is 4.27. The molecule has 92 valence electrons. The van der Waals surface area contributed by atoms with E-state index in [0.717, 1.165) is 31.0 Å². The Balaban J connectivity index is 2.33. The van der Waals surface area contributed by atoms with Gasteiger partial charge in [0.25, 0.3) is 15.0 Å². The molecule has 0 aromatic heterocycles. The van der Waals surface area contributed by atoms with Crippen molar-refractivity contribution < 1.29 is 17.6 Å². The number of rotatable bonds is 3. The summed E-state index contributed by atoms with van der Waals surface area (Å²) in [5.41, 5.74) is -0.0453. The van der Waals surface area contributed by atoms with Gasteiger partial charge in [-0.05, 0) is 31.0 Å². The Bertz CT molecular complexity index is 569. The van der Waals surface area contributed by atoms with Crippen LogP contribution in [0.3, 0.4) is 0 Å². The van der Waals surface area contributed by atoms with Gasteiger partial charge in [-0.3, -0.25) is 4.79 Å². The van der Waals surface area contributed by atoms with Gasteiger partial charge in [-0.25, -0.2) is 12.8 Å². The van der Waals surface area contributed by atoms with Crippen LogP contribution in [0.2, 0.25) is 0 Å². The number of hydrogen-bond acceptors (Lipinski definition) is 3. The van der Waals surface area contributed by atoms with Crippen LogP contribution in [0, 0.1) is 5.82 Å². The second-order valence-electron chi connectivity index (χ2n) is 3.86. The zero-order valence-electron chi connectivity index (χ0n) is 8.61. The largest absolute Gasteiger partial charge is 0.349 e. The SMILES string of the molecule is O=C(NC1CC1)c1cc(F)cc(S(=O)(=O)Cl)c1. The van der Waals surface area contributed by atoms with Crippen molar-refractivity contribution >= 4 is 25.6 Å². The van der Waals surface area contributed by atoms with E-state index in [2.05, 4.69) is 5.32 Å². The number of carbonyl (C=O) groups is 1. The van der Waals surface area contributed by atoms with Crippen molar-refractivity contribution in [3.63, 3.8) is 0 Å². The van der Waals surface area contributed by atoms with E-state index in [1.54, 1.807) is 0 Å². The van der Waals surface area contributed by atoms with Crippen LogP contribution in [0.5, 0.6) is 0 Å². The summed E-state index contributed by atoms with van der Waals surface area (Å²) >= 11 is 0. The third kappa shape index (κ3) is 3.17. The summed E-state index contributed by atoms with van der Waals surface area (Å²) < 4.78 is 35.3. The minimum atomic E-state index is -4.04. The van der Waals surface area contributed by atoms with E-state index in [1.807, 2.05) is 0 Å². The molecule has 0 unspecified atom stereocenters. The van der Waals surface area contributed by atoms with Crippen LogP contribution in [-0.2, 0) is 9.05 Å². The maximum absolute atomic E-state index is 13.2. The maximum Gasteiger partial charge on any atom is 0.261 e. The van der Waals surface area contributed by atoms with E-state index in [-0.39, 0.29) is 11.6 Å². The molecule has 1 aliphatic rings. The van der Waals surface area contributed by atoms with E-state index < -0.39 is 25.7 Å². The summed E-state index contributed by atoms with van der Waals surface area (Å²) in [4.78, 5) is 11.2. The molecular weight excluding hydrogens is 269 g/mol. The Hall–Kier alpha value is -1.14. The first-order valence-electron chi connectivity index (χ1n) is 4.92. The molecule has 0 bridgehead atoms. The smallest absolute Gasteiger partial charge is 0.261 e. The van der Waals surface area contributed by atoms with E-state index in [0.29, 0.717) is 0 Å². The van der Waals surface area contributed by atoms with Gasteiger partial charge in [0.2, 0.25) is 0 Å². The van der Waals surface area contributed by atoms with Crippen molar-refractivity contribution in [2.45, 2.75) is 23.8 Å². The molecule has 1 aliphatic carbocycles. The summed E-state index contributed by atoms with van der Waals surface area (Å²) in [7, 11) is 1.06. The Morgan fingerprint density at radius 3 is 2.53 bits per heavy atom. The normalized spacial score (nSPS) is 15.6. The molecule has 4 nitrogen and oxygen atoms in total. The van der Waals surface area contributed by atoms with Crippen LogP contribution in [0.25, 0.3) is 0 Å². The summed E-state index contributed by atoms with van der Waals surface area (Å²) in [6.07, 6.45) is 1.78. The highest BCUT2D eigenvalue weighted by atomic mass is 35.7. The summed E-state index contributed by atoms with van der Waals surface area (Å²) in [5, 5.41) is 2.63. The first-order valence-corrected chi connectivity index (χ1v) is 7.23. The van der Waals surface area contributed by atoms with Gasteiger partial charge in [-0.1, -0.05) is 0 Å². The number of hydrogen-bond donors (Lipinski definition) is 1. The highest BCUT2D eigenvalue weighted by Gasteiger charge is 2.24. The Labute approximate surface area is 102 Å². The first kappa shape index (κ1) is 12.3. The highest BCUT2D eigenvalue weighted by Crippen LogP contribution is 2.21. The molecule has 0 radical (unpaired) electrons. The van der Waals surface area contributed by atoms with Crippen LogP contribution in [0.1, 0.15) is 23.2 Å². The molecule has 1 N–H and O–H groups in total. The van der Waals surface area contributed by atoms with Crippen molar-refractivity contribution in [3.05, 3.63) is 29.6 Å². The van der Waals surface area contributed by atoms with Crippen molar-refractivity contribution in [2.75, 3.05) is 0 Å². The van der Waals surface area contributed by atoms with Gasteiger partial charge in [-0.2, -0.15) is 0 Å². The van der Waals surface area contributed by atoms with Crippen LogP contribution in [-0.4, -0.2) is 20.4 Å². The molecule has 1 aromatic carbocycles. The average Bonchev–Trinajstić information content (AvgIpc) is 2.99. The maximum atomic E-state index is 13.2. The monoisotopic (exact) mass is 277 g/mol. The number of nitrogens with one attached hydrogen (secondary N) is 1. The van der Waals surface area contributed by atoms with Gasteiger partial charge in [0, 0.05) is 22.3 Å². The molecule has 7 heteroatoms.